The second-order valence-corrected chi connectivity index (χ2v) is 4.42. The van der Waals surface area contributed by atoms with Gasteiger partial charge in [0.15, 0.2) is 0 Å². The number of halogens is 4. The molecule has 0 amide bonds. The molecule has 1 aliphatic rings. The average Bonchev–Trinajstić information content (AvgIpc) is 2.97. The van der Waals surface area contributed by atoms with E-state index in [1.165, 1.54) is 0 Å². The summed E-state index contributed by atoms with van der Waals surface area (Å²) in [5.41, 5.74) is -1.18. The summed E-state index contributed by atoms with van der Waals surface area (Å²) in [5.74, 6) is -0.243. The first kappa shape index (κ1) is 15.0. The molecule has 1 fully saturated rings. The van der Waals surface area contributed by atoms with Gasteiger partial charge in [-0.25, -0.2) is 9.97 Å². The van der Waals surface area contributed by atoms with Crippen molar-refractivity contribution < 1.29 is 13.2 Å². The standard InChI is InChI=1S/C9H9ClF3N3.C2H6/c1-8(2-3-8)16-6-5(9(11,12)13)4-14-7(10)15-6;1-2/h4H,2-3H2,1H3,(H,14,15,16);1-2H3. The van der Waals surface area contributed by atoms with Crippen molar-refractivity contribution in [3.8, 4) is 0 Å². The maximum atomic E-state index is 12.6. The molecule has 0 unspecified atom stereocenters. The first-order valence-electron chi connectivity index (χ1n) is 5.68. The molecular formula is C11H15ClF3N3. The molecule has 0 aliphatic heterocycles. The number of nitrogens with one attached hydrogen (secondary N) is 1. The van der Waals surface area contributed by atoms with Gasteiger partial charge < -0.3 is 5.32 Å². The third-order valence-corrected chi connectivity index (χ3v) is 2.67. The summed E-state index contributed by atoms with van der Waals surface area (Å²) in [5, 5.41) is 2.56. The fraction of sp³-hybridized carbons (Fsp3) is 0.636. The number of anilines is 1. The van der Waals surface area contributed by atoms with Crippen molar-refractivity contribution >= 4 is 17.4 Å². The highest BCUT2D eigenvalue weighted by atomic mass is 35.5. The summed E-state index contributed by atoms with van der Waals surface area (Å²) in [6, 6.07) is 0. The number of nitrogens with zero attached hydrogens (tertiary/aromatic N) is 2. The van der Waals surface area contributed by atoms with Crippen molar-refractivity contribution in [2.75, 3.05) is 5.32 Å². The normalized spacial score (nSPS) is 16.6. The largest absolute Gasteiger partial charge is 0.421 e. The van der Waals surface area contributed by atoms with Crippen LogP contribution in [0.25, 0.3) is 0 Å². The van der Waals surface area contributed by atoms with Gasteiger partial charge in [-0.05, 0) is 31.4 Å². The maximum absolute atomic E-state index is 12.6. The maximum Gasteiger partial charge on any atom is 0.421 e. The van der Waals surface area contributed by atoms with Crippen LogP contribution in [-0.2, 0) is 6.18 Å². The monoisotopic (exact) mass is 281 g/mol. The molecule has 0 aromatic carbocycles. The van der Waals surface area contributed by atoms with E-state index >= 15 is 0 Å². The van der Waals surface area contributed by atoms with Crippen molar-refractivity contribution in [2.45, 2.75) is 45.3 Å². The Hall–Kier alpha value is -1.04. The highest BCUT2D eigenvalue weighted by molar-refractivity contribution is 6.28. The van der Waals surface area contributed by atoms with Crippen molar-refractivity contribution in [3.63, 3.8) is 0 Å². The van der Waals surface area contributed by atoms with Crippen molar-refractivity contribution in [1.29, 1.82) is 0 Å². The lowest BCUT2D eigenvalue weighted by molar-refractivity contribution is -0.137. The lowest BCUT2D eigenvalue weighted by atomic mass is 10.2. The van der Waals surface area contributed by atoms with Gasteiger partial charge in [0.25, 0.3) is 0 Å². The Morgan fingerprint density at radius 2 is 1.89 bits per heavy atom. The summed E-state index contributed by atoms with van der Waals surface area (Å²) in [4.78, 5) is 6.94. The van der Waals surface area contributed by atoms with Crippen LogP contribution in [0.5, 0.6) is 0 Å². The Bertz CT molecular complexity index is 416. The number of hydrogen-bond donors (Lipinski definition) is 1. The molecule has 7 heteroatoms. The Kier molecular flexibility index (Phi) is 4.42. The first-order valence-corrected chi connectivity index (χ1v) is 6.06. The van der Waals surface area contributed by atoms with E-state index in [1.54, 1.807) is 0 Å². The zero-order valence-electron chi connectivity index (χ0n) is 10.4. The van der Waals surface area contributed by atoms with Crippen molar-refractivity contribution in [1.82, 2.24) is 9.97 Å². The van der Waals surface area contributed by atoms with Crippen LogP contribution < -0.4 is 5.32 Å². The van der Waals surface area contributed by atoms with Gasteiger partial charge >= 0.3 is 6.18 Å². The van der Waals surface area contributed by atoms with E-state index in [2.05, 4.69) is 15.3 Å². The predicted molar refractivity (Wildman–Crippen MR) is 64.7 cm³/mol. The first-order chi connectivity index (χ1) is 8.30. The Balaban J connectivity index is 0.000000771. The predicted octanol–water partition coefficient (Wildman–Crippen LogP) is 4.14. The van der Waals surface area contributed by atoms with Crippen LogP contribution in [0.2, 0.25) is 5.28 Å². The van der Waals surface area contributed by atoms with E-state index in [0.29, 0.717) is 6.20 Å². The molecule has 1 aromatic heterocycles. The zero-order chi connectivity index (χ0) is 14.0. The van der Waals surface area contributed by atoms with Gasteiger partial charge in [-0.2, -0.15) is 13.2 Å². The van der Waals surface area contributed by atoms with E-state index in [0.717, 1.165) is 12.8 Å². The fourth-order valence-electron chi connectivity index (χ4n) is 1.26. The molecule has 0 radical (unpaired) electrons. The van der Waals surface area contributed by atoms with Crippen LogP contribution >= 0.6 is 11.6 Å². The number of alkyl halides is 3. The van der Waals surface area contributed by atoms with Crippen LogP contribution in [0.15, 0.2) is 6.20 Å². The molecule has 18 heavy (non-hydrogen) atoms. The van der Waals surface area contributed by atoms with Gasteiger partial charge in [-0.3, -0.25) is 0 Å². The molecule has 0 spiro atoms. The van der Waals surface area contributed by atoms with Gasteiger partial charge in [0.1, 0.15) is 11.4 Å². The van der Waals surface area contributed by atoms with Gasteiger partial charge in [0.2, 0.25) is 5.28 Å². The third-order valence-electron chi connectivity index (χ3n) is 2.48. The highest BCUT2D eigenvalue weighted by Gasteiger charge is 2.41. The molecule has 1 aromatic rings. The Morgan fingerprint density at radius 1 is 1.33 bits per heavy atom. The van der Waals surface area contributed by atoms with Crippen LogP contribution in [0.1, 0.15) is 39.2 Å². The number of hydrogen-bond acceptors (Lipinski definition) is 3. The van der Waals surface area contributed by atoms with E-state index in [4.69, 9.17) is 11.6 Å². The van der Waals surface area contributed by atoms with Crippen LogP contribution in [0.4, 0.5) is 19.0 Å². The average molecular weight is 282 g/mol. The van der Waals surface area contributed by atoms with Crippen molar-refractivity contribution in [3.05, 3.63) is 17.0 Å². The lowest BCUT2D eigenvalue weighted by Crippen LogP contribution is -2.21. The molecule has 1 saturated carbocycles. The third kappa shape index (κ3) is 3.73. The molecule has 1 aliphatic carbocycles. The van der Waals surface area contributed by atoms with Gasteiger partial charge in [-0.1, -0.05) is 13.8 Å². The summed E-state index contributed by atoms with van der Waals surface area (Å²) in [7, 11) is 0. The van der Waals surface area contributed by atoms with Gasteiger partial charge in [0, 0.05) is 11.7 Å². The minimum absolute atomic E-state index is 0.195. The molecule has 3 nitrogen and oxygen atoms in total. The molecule has 102 valence electrons. The summed E-state index contributed by atoms with van der Waals surface area (Å²) in [6.07, 6.45) is -2.13. The molecule has 1 N–H and O–H groups in total. The topological polar surface area (TPSA) is 37.8 Å². The highest BCUT2D eigenvalue weighted by Crippen LogP contribution is 2.41. The summed E-state index contributed by atoms with van der Waals surface area (Å²) < 4.78 is 37.8. The number of rotatable bonds is 2. The van der Waals surface area contributed by atoms with E-state index in [1.807, 2.05) is 20.8 Å². The molecule has 0 saturated heterocycles. The zero-order valence-corrected chi connectivity index (χ0v) is 11.2. The molecule has 0 atom stereocenters. The molecule has 2 rings (SSSR count). The number of aromatic nitrogens is 2. The van der Waals surface area contributed by atoms with Crippen LogP contribution in [0.3, 0.4) is 0 Å². The molecular weight excluding hydrogens is 267 g/mol. The Labute approximate surface area is 109 Å². The van der Waals surface area contributed by atoms with E-state index in [-0.39, 0.29) is 16.6 Å². The minimum Gasteiger partial charge on any atom is -0.364 e. The van der Waals surface area contributed by atoms with Gasteiger partial charge in [0.05, 0.1) is 0 Å². The van der Waals surface area contributed by atoms with Crippen molar-refractivity contribution in [2.24, 2.45) is 0 Å². The second kappa shape index (κ2) is 5.30. The minimum atomic E-state index is -4.47. The summed E-state index contributed by atoms with van der Waals surface area (Å²) >= 11 is 5.49. The second-order valence-electron chi connectivity index (χ2n) is 4.08. The quantitative estimate of drug-likeness (QED) is 0.828. The Morgan fingerprint density at radius 3 is 2.33 bits per heavy atom. The summed E-state index contributed by atoms with van der Waals surface area (Å²) in [6.45, 7) is 5.84. The fourth-order valence-corrected chi connectivity index (χ4v) is 1.39. The van der Waals surface area contributed by atoms with Gasteiger partial charge in [-0.15, -0.1) is 0 Å². The lowest BCUT2D eigenvalue weighted by Gasteiger charge is -2.16. The smallest absolute Gasteiger partial charge is 0.364 e. The molecule has 1 heterocycles. The van der Waals surface area contributed by atoms with Crippen LogP contribution in [-0.4, -0.2) is 15.5 Å². The SMILES string of the molecule is CC.CC1(Nc2nc(Cl)ncc2C(F)(F)F)CC1. The van der Waals surface area contributed by atoms with Crippen LogP contribution in [0, 0.1) is 0 Å². The van der Waals surface area contributed by atoms with E-state index < -0.39 is 11.7 Å². The molecule has 0 bridgehead atoms. The van der Waals surface area contributed by atoms with E-state index in [9.17, 15) is 13.2 Å².